The van der Waals surface area contributed by atoms with Crippen molar-refractivity contribution in [3.05, 3.63) is 23.3 Å². The summed E-state index contributed by atoms with van der Waals surface area (Å²) in [5, 5.41) is 13.9. The average molecular weight is 458 g/mol. The number of fused-ring (bicyclic) bond motifs is 1. The molecule has 4 aliphatic rings. The van der Waals surface area contributed by atoms with Gasteiger partial charge in [0.25, 0.3) is 0 Å². The van der Waals surface area contributed by atoms with Gasteiger partial charge in [-0.3, -0.25) is 9.69 Å². The third-order valence-corrected chi connectivity index (χ3v) is 7.49. The lowest BCUT2D eigenvalue weighted by Gasteiger charge is -2.45. The molecule has 4 aliphatic heterocycles. The summed E-state index contributed by atoms with van der Waals surface area (Å²) in [6.07, 6.45) is 2.96. The van der Waals surface area contributed by atoms with Crippen LogP contribution in [0.2, 0.25) is 0 Å². The number of carbonyl (C=O) groups is 1. The maximum absolute atomic E-state index is 11.5. The van der Waals surface area contributed by atoms with Crippen LogP contribution in [0.5, 0.6) is 11.5 Å². The largest absolute Gasteiger partial charge is 0.490 e. The van der Waals surface area contributed by atoms with Gasteiger partial charge in [0, 0.05) is 44.7 Å². The molecule has 8 heteroatoms. The zero-order valence-corrected chi connectivity index (χ0v) is 20.1. The molecule has 1 aromatic carbocycles. The van der Waals surface area contributed by atoms with Crippen LogP contribution >= 0.6 is 0 Å². The number of aliphatic carboxylic acids is 1. The van der Waals surface area contributed by atoms with Crippen LogP contribution in [0.25, 0.3) is 0 Å². The summed E-state index contributed by atoms with van der Waals surface area (Å²) >= 11 is 0. The lowest BCUT2D eigenvalue weighted by molar-refractivity contribution is -0.150. The summed E-state index contributed by atoms with van der Waals surface area (Å²) in [6.45, 7) is 12.6. The Morgan fingerprint density at radius 3 is 2.58 bits per heavy atom. The molecule has 0 atom stereocenters. The molecular formula is C25H35N3O5. The summed E-state index contributed by atoms with van der Waals surface area (Å²) in [5.74, 6) is 2.00. The van der Waals surface area contributed by atoms with E-state index in [1.54, 1.807) is 0 Å². The van der Waals surface area contributed by atoms with Crippen LogP contribution < -0.4 is 9.47 Å². The number of carboxylic acid groups (broad SMARTS) is 1. The van der Waals surface area contributed by atoms with Crippen molar-refractivity contribution in [2.24, 2.45) is 10.6 Å². The van der Waals surface area contributed by atoms with Crippen molar-refractivity contribution in [2.75, 3.05) is 32.8 Å². The molecule has 4 heterocycles. The second kappa shape index (κ2) is 7.79. The number of carboxylic acids is 1. The molecule has 0 amide bonds. The van der Waals surface area contributed by atoms with Crippen molar-refractivity contribution in [3.63, 3.8) is 0 Å². The highest BCUT2D eigenvalue weighted by Crippen LogP contribution is 2.44. The number of nitrogens with zero attached hydrogens (tertiary/aromatic N) is 3. The van der Waals surface area contributed by atoms with Crippen LogP contribution in [-0.4, -0.2) is 70.7 Å². The monoisotopic (exact) mass is 457 g/mol. The Hall–Kier alpha value is -2.48. The molecule has 1 N–H and O–H groups in total. The first-order chi connectivity index (χ1) is 15.6. The first kappa shape index (κ1) is 22.3. The van der Waals surface area contributed by atoms with Crippen molar-refractivity contribution in [1.82, 2.24) is 9.80 Å². The van der Waals surface area contributed by atoms with Crippen molar-refractivity contribution in [1.29, 1.82) is 0 Å². The van der Waals surface area contributed by atoms with E-state index in [-0.39, 0.29) is 11.2 Å². The van der Waals surface area contributed by atoms with E-state index in [4.69, 9.17) is 14.3 Å². The van der Waals surface area contributed by atoms with Crippen molar-refractivity contribution in [2.45, 2.75) is 71.1 Å². The Bertz CT molecular complexity index is 974. The first-order valence-electron chi connectivity index (χ1n) is 12.0. The molecule has 0 radical (unpaired) electrons. The Balaban J connectivity index is 1.17. The number of ether oxygens (including phenoxy) is 2. The number of piperidine rings is 1. The number of oxime groups is 1. The van der Waals surface area contributed by atoms with Crippen LogP contribution in [0.1, 0.15) is 58.1 Å². The molecule has 0 aromatic heterocycles. The third kappa shape index (κ3) is 4.14. The topological polar surface area (TPSA) is 83.8 Å². The van der Waals surface area contributed by atoms with Gasteiger partial charge in [0.05, 0.1) is 18.4 Å². The number of likely N-dealkylation sites (tertiary alicyclic amines) is 2. The number of benzene rings is 1. The normalized spacial score (nSPS) is 24.5. The summed E-state index contributed by atoms with van der Waals surface area (Å²) in [7, 11) is 0. The number of hydrogen-bond donors (Lipinski definition) is 1. The second-order valence-corrected chi connectivity index (χ2v) is 11.0. The zero-order valence-electron chi connectivity index (χ0n) is 20.1. The molecule has 1 aromatic rings. The van der Waals surface area contributed by atoms with Gasteiger partial charge in [0.15, 0.2) is 17.1 Å². The minimum absolute atomic E-state index is 0.199. The SMILES string of the molecule is CCOc1cc(CN2CC3(CC(N4CCC(C)(C(=O)O)CC4)=NO3)C2)cc2c1OC(C)(C)C2. The number of hydrogen-bond acceptors (Lipinski definition) is 7. The molecule has 5 rings (SSSR count). The van der Waals surface area contributed by atoms with Crippen LogP contribution in [0.4, 0.5) is 0 Å². The Kier molecular flexibility index (Phi) is 5.27. The minimum atomic E-state index is -0.702. The smallest absolute Gasteiger partial charge is 0.309 e. The van der Waals surface area contributed by atoms with Gasteiger partial charge < -0.3 is 24.3 Å². The van der Waals surface area contributed by atoms with Crippen molar-refractivity contribution >= 4 is 11.8 Å². The summed E-state index contributed by atoms with van der Waals surface area (Å²) in [4.78, 5) is 22.0. The highest BCUT2D eigenvalue weighted by atomic mass is 16.7. The fourth-order valence-corrected chi connectivity index (χ4v) is 5.55. The minimum Gasteiger partial charge on any atom is -0.490 e. The van der Waals surface area contributed by atoms with Crippen molar-refractivity contribution < 1.29 is 24.2 Å². The Morgan fingerprint density at radius 2 is 1.91 bits per heavy atom. The predicted octanol–water partition coefficient (Wildman–Crippen LogP) is 3.27. The van der Waals surface area contributed by atoms with Gasteiger partial charge in [-0.1, -0.05) is 11.2 Å². The Labute approximate surface area is 195 Å². The maximum Gasteiger partial charge on any atom is 0.309 e. The van der Waals surface area contributed by atoms with E-state index >= 15 is 0 Å². The van der Waals surface area contributed by atoms with Crippen LogP contribution in [0, 0.1) is 5.41 Å². The predicted molar refractivity (Wildman–Crippen MR) is 124 cm³/mol. The van der Waals surface area contributed by atoms with E-state index in [1.165, 1.54) is 11.1 Å². The molecule has 0 unspecified atom stereocenters. The lowest BCUT2D eigenvalue weighted by Crippen LogP contribution is -2.61. The van der Waals surface area contributed by atoms with Crippen LogP contribution in [-0.2, 0) is 22.6 Å². The van der Waals surface area contributed by atoms with E-state index in [2.05, 4.69) is 40.9 Å². The second-order valence-electron chi connectivity index (χ2n) is 11.0. The quantitative estimate of drug-likeness (QED) is 0.726. The van der Waals surface area contributed by atoms with Gasteiger partial charge >= 0.3 is 5.97 Å². The molecule has 2 fully saturated rings. The highest BCUT2D eigenvalue weighted by molar-refractivity contribution is 5.85. The zero-order chi connectivity index (χ0) is 23.4. The average Bonchev–Trinajstić information content (AvgIpc) is 3.29. The fourth-order valence-electron chi connectivity index (χ4n) is 5.55. The maximum atomic E-state index is 11.5. The van der Waals surface area contributed by atoms with Crippen LogP contribution in [0.3, 0.4) is 0 Å². The molecule has 2 saturated heterocycles. The van der Waals surface area contributed by atoms with E-state index in [0.29, 0.717) is 19.4 Å². The van der Waals surface area contributed by atoms with Gasteiger partial charge in [-0.15, -0.1) is 0 Å². The van der Waals surface area contributed by atoms with Gasteiger partial charge in [0.2, 0.25) is 0 Å². The van der Waals surface area contributed by atoms with Gasteiger partial charge in [-0.25, -0.2) is 0 Å². The van der Waals surface area contributed by atoms with E-state index in [1.807, 2.05) is 13.8 Å². The molecule has 0 aliphatic carbocycles. The van der Waals surface area contributed by atoms with Crippen molar-refractivity contribution in [3.8, 4) is 11.5 Å². The van der Waals surface area contributed by atoms with Gasteiger partial charge in [-0.2, -0.15) is 0 Å². The summed E-state index contributed by atoms with van der Waals surface area (Å²) < 4.78 is 12.0. The Morgan fingerprint density at radius 1 is 1.18 bits per heavy atom. The van der Waals surface area contributed by atoms with E-state index in [0.717, 1.165) is 62.9 Å². The van der Waals surface area contributed by atoms with E-state index < -0.39 is 11.4 Å². The number of amidine groups is 1. The summed E-state index contributed by atoms with van der Waals surface area (Å²) in [6, 6.07) is 4.36. The first-order valence-corrected chi connectivity index (χ1v) is 12.0. The lowest BCUT2D eigenvalue weighted by atomic mass is 9.80. The van der Waals surface area contributed by atoms with Gasteiger partial charge in [0.1, 0.15) is 11.4 Å². The molecule has 8 nitrogen and oxygen atoms in total. The molecule has 180 valence electrons. The molecular weight excluding hydrogens is 422 g/mol. The molecule has 1 spiro atoms. The number of rotatable bonds is 5. The van der Waals surface area contributed by atoms with Crippen LogP contribution in [0.15, 0.2) is 17.3 Å². The fraction of sp³-hybridized carbons (Fsp3) is 0.680. The molecule has 0 bridgehead atoms. The molecule has 0 saturated carbocycles. The van der Waals surface area contributed by atoms with Gasteiger partial charge in [-0.05, 0) is 52.2 Å². The molecule has 33 heavy (non-hydrogen) atoms. The third-order valence-electron chi connectivity index (χ3n) is 7.49. The highest BCUT2D eigenvalue weighted by Gasteiger charge is 2.51. The van der Waals surface area contributed by atoms with E-state index in [9.17, 15) is 9.90 Å². The standard InChI is InChI=1S/C25H35N3O5/c1-5-31-19-11-17(10-18-12-23(2,3)32-21(18)19)14-27-15-25(16-27)13-20(26-33-25)28-8-6-24(4,7-9-28)22(29)30/h10-11H,5-9,12-16H2,1-4H3,(H,29,30). The summed E-state index contributed by atoms with van der Waals surface area (Å²) in [5.41, 5.74) is 1.38.